The number of hydrogen-bond donors (Lipinski definition) is 2. The number of carbonyl (C=O) groups excluding carboxylic acids is 2. The van der Waals surface area contributed by atoms with Gasteiger partial charge in [-0.3, -0.25) is 14.4 Å². The van der Waals surface area contributed by atoms with Gasteiger partial charge in [0.25, 0.3) is 0 Å². The lowest BCUT2D eigenvalue weighted by molar-refractivity contribution is -0.147. The van der Waals surface area contributed by atoms with Gasteiger partial charge in [-0.1, -0.05) is 12.8 Å². The number of carbonyl (C=O) groups is 3. The van der Waals surface area contributed by atoms with Gasteiger partial charge in [0.1, 0.15) is 0 Å². The Morgan fingerprint density at radius 2 is 1.44 bits per heavy atom. The standard InChI is InChI=1S/C19H30N2O4/c22-17(13-4-1-2-5-13)20-16-9-7-14(8-10-16)18(23)21-11-3-6-15(12-21)19(24)25/h13-16H,1-12H2,(H,20,22)(H,24,25)/t14?,15-,16?/m0/s1. The first-order valence-corrected chi connectivity index (χ1v) is 9.86. The van der Waals surface area contributed by atoms with Gasteiger partial charge in [-0.15, -0.1) is 0 Å². The van der Waals surface area contributed by atoms with E-state index in [9.17, 15) is 19.5 Å². The van der Waals surface area contributed by atoms with Crippen LogP contribution in [-0.4, -0.2) is 46.9 Å². The maximum Gasteiger partial charge on any atom is 0.308 e. The molecule has 6 nitrogen and oxygen atoms in total. The lowest BCUT2D eigenvalue weighted by Crippen LogP contribution is -2.47. The minimum absolute atomic E-state index is 0.00724. The first kappa shape index (κ1) is 18.2. The van der Waals surface area contributed by atoms with Crippen molar-refractivity contribution in [3.05, 3.63) is 0 Å². The maximum absolute atomic E-state index is 12.7. The van der Waals surface area contributed by atoms with Crippen LogP contribution in [0.15, 0.2) is 0 Å². The highest BCUT2D eigenvalue weighted by atomic mass is 16.4. The molecular formula is C19H30N2O4. The van der Waals surface area contributed by atoms with Gasteiger partial charge in [0.15, 0.2) is 0 Å². The van der Waals surface area contributed by atoms with E-state index < -0.39 is 11.9 Å². The van der Waals surface area contributed by atoms with Gasteiger partial charge < -0.3 is 15.3 Å². The summed E-state index contributed by atoms with van der Waals surface area (Å²) in [5, 5.41) is 12.4. The Bertz CT molecular complexity index is 508. The minimum atomic E-state index is -0.796. The van der Waals surface area contributed by atoms with Crippen molar-refractivity contribution in [2.24, 2.45) is 17.8 Å². The number of nitrogens with zero attached hydrogens (tertiary/aromatic N) is 1. The zero-order valence-corrected chi connectivity index (χ0v) is 14.9. The van der Waals surface area contributed by atoms with Crippen molar-refractivity contribution in [2.45, 2.75) is 70.3 Å². The minimum Gasteiger partial charge on any atom is -0.481 e. The molecule has 1 saturated heterocycles. The van der Waals surface area contributed by atoms with Crippen molar-refractivity contribution < 1.29 is 19.5 Å². The molecule has 1 heterocycles. The highest BCUT2D eigenvalue weighted by molar-refractivity contribution is 5.81. The molecule has 3 aliphatic rings. The SMILES string of the molecule is O=C(NC1CCC(C(=O)N2CCC[C@H](C(=O)O)C2)CC1)C1CCCC1. The van der Waals surface area contributed by atoms with Gasteiger partial charge in [-0.05, 0) is 51.4 Å². The number of hydrogen-bond acceptors (Lipinski definition) is 3. The fraction of sp³-hybridized carbons (Fsp3) is 0.842. The molecule has 0 spiro atoms. The number of aliphatic carboxylic acids is 1. The molecule has 0 aromatic rings. The Morgan fingerprint density at radius 1 is 0.800 bits per heavy atom. The summed E-state index contributed by atoms with van der Waals surface area (Å²) < 4.78 is 0. The summed E-state index contributed by atoms with van der Waals surface area (Å²) in [5.74, 6) is -0.706. The van der Waals surface area contributed by atoms with E-state index in [2.05, 4.69) is 5.32 Å². The Balaban J connectivity index is 1.44. The maximum atomic E-state index is 12.7. The molecule has 1 aliphatic heterocycles. The van der Waals surface area contributed by atoms with E-state index in [1.807, 2.05) is 0 Å². The van der Waals surface area contributed by atoms with E-state index in [0.29, 0.717) is 19.5 Å². The van der Waals surface area contributed by atoms with Crippen LogP contribution in [0.3, 0.4) is 0 Å². The predicted octanol–water partition coefficient (Wildman–Crippen LogP) is 2.17. The quantitative estimate of drug-likeness (QED) is 0.813. The zero-order chi connectivity index (χ0) is 17.8. The highest BCUT2D eigenvalue weighted by Gasteiger charge is 2.34. The molecule has 3 rings (SSSR count). The highest BCUT2D eigenvalue weighted by Crippen LogP contribution is 2.29. The van der Waals surface area contributed by atoms with E-state index >= 15 is 0 Å². The van der Waals surface area contributed by atoms with Crippen LogP contribution < -0.4 is 5.32 Å². The van der Waals surface area contributed by atoms with Crippen LogP contribution in [0.2, 0.25) is 0 Å². The third-order valence-corrected chi connectivity index (χ3v) is 6.23. The fourth-order valence-electron chi connectivity index (χ4n) is 4.63. The average molecular weight is 350 g/mol. The molecule has 25 heavy (non-hydrogen) atoms. The molecule has 0 radical (unpaired) electrons. The number of carboxylic acids is 1. The van der Waals surface area contributed by atoms with Crippen LogP contribution in [0.4, 0.5) is 0 Å². The smallest absolute Gasteiger partial charge is 0.308 e. The van der Waals surface area contributed by atoms with Crippen molar-refractivity contribution in [1.82, 2.24) is 10.2 Å². The molecule has 0 aromatic heterocycles. The monoisotopic (exact) mass is 350 g/mol. The lowest BCUT2D eigenvalue weighted by atomic mass is 9.84. The van der Waals surface area contributed by atoms with Gasteiger partial charge in [0, 0.05) is 31.0 Å². The molecule has 1 atom stereocenters. The summed E-state index contributed by atoms with van der Waals surface area (Å²) in [6.07, 6.45) is 9.08. The summed E-state index contributed by atoms with van der Waals surface area (Å²) in [4.78, 5) is 37.9. The van der Waals surface area contributed by atoms with E-state index in [-0.39, 0.29) is 29.7 Å². The number of likely N-dealkylation sites (tertiary alicyclic amines) is 1. The second-order valence-corrected chi connectivity index (χ2v) is 8.00. The second kappa shape index (κ2) is 8.19. The Labute approximate surface area is 149 Å². The predicted molar refractivity (Wildman–Crippen MR) is 92.8 cm³/mol. The van der Waals surface area contributed by atoms with Crippen molar-refractivity contribution in [1.29, 1.82) is 0 Å². The summed E-state index contributed by atoms with van der Waals surface area (Å²) in [6, 6.07) is 0.199. The average Bonchev–Trinajstić information content (AvgIpc) is 3.17. The molecule has 0 aromatic carbocycles. The Morgan fingerprint density at radius 3 is 2.08 bits per heavy atom. The summed E-state index contributed by atoms with van der Waals surface area (Å²) in [5.41, 5.74) is 0. The molecule has 2 N–H and O–H groups in total. The molecular weight excluding hydrogens is 320 g/mol. The van der Waals surface area contributed by atoms with E-state index in [1.165, 1.54) is 0 Å². The number of amides is 2. The van der Waals surface area contributed by atoms with Gasteiger partial charge in [-0.2, -0.15) is 0 Å². The van der Waals surface area contributed by atoms with Crippen molar-refractivity contribution >= 4 is 17.8 Å². The van der Waals surface area contributed by atoms with Crippen molar-refractivity contribution in [3.63, 3.8) is 0 Å². The van der Waals surface area contributed by atoms with Crippen molar-refractivity contribution in [3.8, 4) is 0 Å². The van der Waals surface area contributed by atoms with Crippen LogP contribution in [0.25, 0.3) is 0 Å². The topological polar surface area (TPSA) is 86.7 Å². The number of carboxylic acid groups (broad SMARTS) is 1. The van der Waals surface area contributed by atoms with E-state index in [4.69, 9.17) is 0 Å². The zero-order valence-electron chi connectivity index (χ0n) is 14.9. The molecule has 2 amide bonds. The molecule has 2 saturated carbocycles. The van der Waals surface area contributed by atoms with Crippen molar-refractivity contribution in [2.75, 3.05) is 13.1 Å². The van der Waals surface area contributed by atoms with Gasteiger partial charge >= 0.3 is 5.97 Å². The van der Waals surface area contributed by atoms with Gasteiger partial charge in [-0.25, -0.2) is 0 Å². The largest absolute Gasteiger partial charge is 0.481 e. The van der Waals surface area contributed by atoms with Crippen LogP contribution in [0.5, 0.6) is 0 Å². The van der Waals surface area contributed by atoms with Crippen LogP contribution in [-0.2, 0) is 14.4 Å². The number of rotatable bonds is 4. The number of piperidine rings is 1. The third-order valence-electron chi connectivity index (χ3n) is 6.23. The normalized spacial score (nSPS) is 30.9. The molecule has 0 bridgehead atoms. The lowest BCUT2D eigenvalue weighted by Gasteiger charge is -2.36. The van der Waals surface area contributed by atoms with Crippen LogP contribution in [0.1, 0.15) is 64.2 Å². The third kappa shape index (κ3) is 4.53. The Hall–Kier alpha value is -1.59. The van der Waals surface area contributed by atoms with Crippen LogP contribution >= 0.6 is 0 Å². The molecule has 140 valence electrons. The summed E-state index contributed by atoms with van der Waals surface area (Å²) in [6.45, 7) is 1.04. The molecule has 3 fully saturated rings. The number of nitrogens with one attached hydrogen (secondary N) is 1. The summed E-state index contributed by atoms with van der Waals surface area (Å²) >= 11 is 0. The Kier molecular flexibility index (Phi) is 5.97. The first-order valence-electron chi connectivity index (χ1n) is 9.86. The van der Waals surface area contributed by atoms with Gasteiger partial charge in [0.2, 0.25) is 11.8 Å². The molecule has 6 heteroatoms. The fourth-order valence-corrected chi connectivity index (χ4v) is 4.63. The molecule has 2 aliphatic carbocycles. The van der Waals surface area contributed by atoms with Crippen LogP contribution in [0, 0.1) is 17.8 Å². The van der Waals surface area contributed by atoms with E-state index in [1.54, 1.807) is 4.90 Å². The van der Waals surface area contributed by atoms with Gasteiger partial charge in [0.05, 0.1) is 5.92 Å². The molecule has 0 unspecified atom stereocenters. The summed E-state index contributed by atoms with van der Waals surface area (Å²) in [7, 11) is 0. The second-order valence-electron chi connectivity index (χ2n) is 8.00. The first-order chi connectivity index (χ1) is 12.0. The van der Waals surface area contributed by atoms with E-state index in [0.717, 1.165) is 57.8 Å².